The van der Waals surface area contributed by atoms with Gasteiger partial charge in [0.05, 0.1) is 21.8 Å². The van der Waals surface area contributed by atoms with E-state index in [1.165, 1.54) is 0 Å². The van der Waals surface area contributed by atoms with E-state index in [0.29, 0.717) is 0 Å². The highest BCUT2D eigenvalue weighted by molar-refractivity contribution is 9.08. The molecule has 2 aromatic rings. The summed E-state index contributed by atoms with van der Waals surface area (Å²) in [6, 6.07) is 3.91. The van der Waals surface area contributed by atoms with Crippen molar-refractivity contribution >= 4 is 45.2 Å². The number of hydrazone groups is 1. The van der Waals surface area contributed by atoms with Crippen LogP contribution in [0.4, 0.5) is 5.69 Å². The van der Waals surface area contributed by atoms with E-state index in [2.05, 4.69) is 37.0 Å². The molecule has 5 nitrogen and oxygen atoms in total. The van der Waals surface area contributed by atoms with Crippen molar-refractivity contribution in [3.63, 3.8) is 0 Å². The minimum Gasteiger partial charge on any atom is -0.276 e. The molecule has 2 heterocycles. The average molecular weight is 264 g/mol. The summed E-state index contributed by atoms with van der Waals surface area (Å²) < 4.78 is 1.56. The Morgan fingerprint density at radius 2 is 2.27 bits per heavy atom. The molecule has 0 aliphatic carbocycles. The summed E-state index contributed by atoms with van der Waals surface area (Å²) in [7, 11) is 0. The number of hydrogen-bond donors (Lipinski definition) is 1. The van der Waals surface area contributed by atoms with E-state index in [4.69, 9.17) is 0 Å². The predicted octanol–water partition coefficient (Wildman–Crippen LogP) is 2.01. The summed E-state index contributed by atoms with van der Waals surface area (Å²) in [4.78, 5) is 0. The number of aromatic nitrogens is 3. The van der Waals surface area contributed by atoms with Crippen LogP contribution >= 0.6 is 16.1 Å². The summed E-state index contributed by atoms with van der Waals surface area (Å²) in [5.41, 5.74) is 6.64. The summed E-state index contributed by atoms with van der Waals surface area (Å²) in [6.07, 6.45) is 5.57. The standard InChI is InChI=1S/C9H6BrN5/c10-15-9-7(12-14-15)4-3-6-2-1-5-11-13-8(6)9/h1-5,13H. The van der Waals surface area contributed by atoms with Gasteiger partial charge in [0.25, 0.3) is 0 Å². The van der Waals surface area contributed by atoms with E-state index < -0.39 is 0 Å². The van der Waals surface area contributed by atoms with Crippen LogP contribution in [0.5, 0.6) is 0 Å². The van der Waals surface area contributed by atoms with E-state index in [1.54, 1.807) is 9.92 Å². The highest BCUT2D eigenvalue weighted by atomic mass is 79.9. The van der Waals surface area contributed by atoms with Gasteiger partial charge in [0, 0.05) is 11.8 Å². The van der Waals surface area contributed by atoms with E-state index in [9.17, 15) is 0 Å². The lowest BCUT2D eigenvalue weighted by Crippen LogP contribution is -1.93. The third kappa shape index (κ3) is 1.25. The monoisotopic (exact) mass is 263 g/mol. The largest absolute Gasteiger partial charge is 0.276 e. The van der Waals surface area contributed by atoms with Crippen LogP contribution in [0.15, 0.2) is 23.3 Å². The van der Waals surface area contributed by atoms with Crippen LogP contribution in [-0.2, 0) is 0 Å². The maximum atomic E-state index is 4.03. The molecule has 1 aromatic carbocycles. The fraction of sp³-hybridized carbons (Fsp3) is 0. The van der Waals surface area contributed by atoms with Crippen molar-refractivity contribution in [3.05, 3.63) is 23.8 Å². The molecule has 0 atom stereocenters. The van der Waals surface area contributed by atoms with Crippen molar-refractivity contribution in [2.24, 2.45) is 5.10 Å². The summed E-state index contributed by atoms with van der Waals surface area (Å²) in [6.45, 7) is 0. The Labute approximate surface area is 93.8 Å². The minimum atomic E-state index is 0.823. The third-order valence-electron chi connectivity index (χ3n) is 2.22. The topological polar surface area (TPSA) is 55.1 Å². The van der Waals surface area contributed by atoms with Crippen molar-refractivity contribution in [1.29, 1.82) is 0 Å². The number of anilines is 1. The van der Waals surface area contributed by atoms with Crippen LogP contribution < -0.4 is 5.43 Å². The van der Waals surface area contributed by atoms with Gasteiger partial charge in [-0.25, -0.2) is 0 Å². The molecule has 0 fully saturated rings. The molecule has 1 aliphatic rings. The van der Waals surface area contributed by atoms with E-state index in [1.807, 2.05) is 24.3 Å². The van der Waals surface area contributed by atoms with Gasteiger partial charge in [0.1, 0.15) is 11.0 Å². The lowest BCUT2D eigenvalue weighted by molar-refractivity contribution is 0.924. The number of allylic oxidation sites excluding steroid dienone is 1. The molecule has 0 amide bonds. The minimum absolute atomic E-state index is 0.823. The summed E-state index contributed by atoms with van der Waals surface area (Å²) in [5.74, 6) is 0. The normalized spacial score (nSPS) is 13.7. The molecule has 3 rings (SSSR count). The van der Waals surface area contributed by atoms with Gasteiger partial charge in [-0.3, -0.25) is 5.43 Å². The number of fused-ring (bicyclic) bond motifs is 3. The lowest BCUT2D eigenvalue weighted by atomic mass is 10.1. The molecule has 0 spiro atoms. The lowest BCUT2D eigenvalue weighted by Gasteiger charge is -2.04. The first-order valence-corrected chi connectivity index (χ1v) is 5.07. The molecule has 0 radical (unpaired) electrons. The fourth-order valence-electron chi connectivity index (χ4n) is 1.54. The van der Waals surface area contributed by atoms with Crippen LogP contribution in [0.1, 0.15) is 5.56 Å². The van der Waals surface area contributed by atoms with Gasteiger partial charge in [-0.2, -0.15) is 8.81 Å². The molecular formula is C9H6BrN5. The number of nitrogens with zero attached hydrogens (tertiary/aromatic N) is 4. The summed E-state index contributed by atoms with van der Waals surface area (Å²) in [5, 5.41) is 11.9. The number of halogens is 1. The SMILES string of the molecule is Brn1nnc2ccc3c(c21)NN=CC=C3. The van der Waals surface area contributed by atoms with Crippen molar-refractivity contribution in [2.45, 2.75) is 0 Å². The second kappa shape index (κ2) is 3.16. The first-order valence-electron chi connectivity index (χ1n) is 4.36. The van der Waals surface area contributed by atoms with Gasteiger partial charge in [-0.1, -0.05) is 17.4 Å². The quantitative estimate of drug-likeness (QED) is 0.791. The molecule has 1 aliphatic heterocycles. The van der Waals surface area contributed by atoms with Crippen LogP contribution in [0.2, 0.25) is 0 Å². The van der Waals surface area contributed by atoms with Crippen molar-refractivity contribution < 1.29 is 0 Å². The second-order valence-corrected chi connectivity index (χ2v) is 3.77. The first-order chi connectivity index (χ1) is 7.36. The molecule has 6 heteroatoms. The molecule has 0 saturated heterocycles. The maximum absolute atomic E-state index is 4.03. The van der Waals surface area contributed by atoms with E-state index >= 15 is 0 Å². The zero-order valence-electron chi connectivity index (χ0n) is 7.55. The van der Waals surface area contributed by atoms with Crippen molar-refractivity contribution in [1.82, 2.24) is 14.0 Å². The Bertz CT molecular complexity index is 583. The Hall–Kier alpha value is -1.69. The molecule has 0 bridgehead atoms. The van der Waals surface area contributed by atoms with Gasteiger partial charge in [0.2, 0.25) is 0 Å². The maximum Gasteiger partial charge on any atom is 0.127 e. The number of nitrogens with one attached hydrogen (secondary N) is 1. The Morgan fingerprint density at radius 3 is 3.20 bits per heavy atom. The highest BCUT2D eigenvalue weighted by Crippen LogP contribution is 2.28. The summed E-state index contributed by atoms with van der Waals surface area (Å²) >= 11 is 3.30. The average Bonchev–Trinajstić information content (AvgIpc) is 2.51. The first kappa shape index (κ1) is 8.60. The van der Waals surface area contributed by atoms with Crippen LogP contribution in [0, 0.1) is 0 Å². The Kier molecular flexibility index (Phi) is 1.81. The van der Waals surface area contributed by atoms with Gasteiger partial charge in [-0.05, 0) is 12.1 Å². The van der Waals surface area contributed by atoms with Crippen LogP contribution in [-0.4, -0.2) is 20.2 Å². The Balaban J connectivity index is 2.41. The molecule has 0 saturated carbocycles. The third-order valence-corrected chi connectivity index (χ3v) is 2.71. The molecule has 0 unspecified atom stereocenters. The van der Waals surface area contributed by atoms with Crippen molar-refractivity contribution in [2.75, 3.05) is 5.43 Å². The number of benzene rings is 1. The van der Waals surface area contributed by atoms with Crippen molar-refractivity contribution in [3.8, 4) is 0 Å². The van der Waals surface area contributed by atoms with E-state index in [0.717, 1.165) is 22.3 Å². The van der Waals surface area contributed by atoms with Crippen LogP contribution in [0.3, 0.4) is 0 Å². The van der Waals surface area contributed by atoms with E-state index in [-0.39, 0.29) is 0 Å². The zero-order valence-corrected chi connectivity index (χ0v) is 9.14. The number of hydrogen-bond acceptors (Lipinski definition) is 4. The van der Waals surface area contributed by atoms with Crippen LogP contribution in [0.25, 0.3) is 17.1 Å². The zero-order chi connectivity index (χ0) is 10.3. The molecule has 1 N–H and O–H groups in total. The van der Waals surface area contributed by atoms with Gasteiger partial charge < -0.3 is 0 Å². The second-order valence-electron chi connectivity index (χ2n) is 3.10. The molecule has 1 aromatic heterocycles. The molecular weight excluding hydrogens is 258 g/mol. The number of rotatable bonds is 0. The predicted molar refractivity (Wildman–Crippen MR) is 63.0 cm³/mol. The smallest absolute Gasteiger partial charge is 0.127 e. The van der Waals surface area contributed by atoms with Gasteiger partial charge in [0.15, 0.2) is 0 Å². The highest BCUT2D eigenvalue weighted by Gasteiger charge is 2.12. The van der Waals surface area contributed by atoms with Gasteiger partial charge in [-0.15, -0.1) is 5.10 Å². The Morgan fingerprint density at radius 1 is 1.33 bits per heavy atom. The fourth-order valence-corrected chi connectivity index (χ4v) is 1.97. The molecule has 74 valence electrons. The molecule has 15 heavy (non-hydrogen) atoms. The van der Waals surface area contributed by atoms with Gasteiger partial charge >= 0.3 is 0 Å².